The van der Waals surface area contributed by atoms with Crippen LogP contribution in [0.15, 0.2) is 18.2 Å². The summed E-state index contributed by atoms with van der Waals surface area (Å²) < 4.78 is 38.0. The Morgan fingerprint density at radius 3 is 2.48 bits per heavy atom. The van der Waals surface area contributed by atoms with E-state index in [9.17, 15) is 13.2 Å². The molecule has 25 heavy (non-hydrogen) atoms. The zero-order valence-corrected chi connectivity index (χ0v) is 16.1. The minimum Gasteiger partial charge on any atom is -0.493 e. The van der Waals surface area contributed by atoms with Gasteiger partial charge in [-0.05, 0) is 24.1 Å². The highest BCUT2D eigenvalue weighted by Crippen LogP contribution is 2.29. The normalized spacial score (nSPS) is 11.2. The Bertz CT molecular complexity index is 659. The van der Waals surface area contributed by atoms with Gasteiger partial charge in [-0.3, -0.25) is 4.79 Å². The van der Waals surface area contributed by atoms with Crippen LogP contribution in [0, 0.1) is 0 Å². The highest BCUT2D eigenvalue weighted by molar-refractivity contribution is 7.86. The van der Waals surface area contributed by atoms with Gasteiger partial charge in [0.25, 0.3) is 0 Å². The third-order valence-electron chi connectivity index (χ3n) is 3.50. The predicted octanol–water partition coefficient (Wildman–Crippen LogP) is 2.20. The summed E-state index contributed by atoms with van der Waals surface area (Å²) in [4.78, 5) is 14.1. The predicted molar refractivity (Wildman–Crippen MR) is 95.3 cm³/mol. The Kier molecular flexibility index (Phi) is 8.71. The van der Waals surface area contributed by atoms with Gasteiger partial charge in [0.15, 0.2) is 11.5 Å². The van der Waals surface area contributed by atoms with Crippen LogP contribution in [0.3, 0.4) is 0 Å². The molecule has 7 nitrogen and oxygen atoms in total. The summed E-state index contributed by atoms with van der Waals surface area (Å²) in [5.41, 5.74) is 0.750. The van der Waals surface area contributed by atoms with E-state index in [1.807, 2.05) is 6.92 Å². The fraction of sp³-hybridized carbons (Fsp3) is 0.588. The topological polar surface area (TPSA) is 82.1 Å². The molecule has 0 aliphatic heterocycles. The van der Waals surface area contributed by atoms with Gasteiger partial charge in [-0.25, -0.2) is 0 Å². The molecule has 0 aromatic heterocycles. The van der Waals surface area contributed by atoms with Crippen LogP contribution in [0.5, 0.6) is 11.5 Å². The lowest BCUT2D eigenvalue weighted by molar-refractivity contribution is -0.132. The maximum absolute atomic E-state index is 12.4. The molecule has 0 saturated heterocycles. The Morgan fingerprint density at radius 2 is 1.92 bits per heavy atom. The first-order valence-electron chi connectivity index (χ1n) is 8.13. The third kappa shape index (κ3) is 7.74. The van der Waals surface area contributed by atoms with E-state index >= 15 is 0 Å². The molecule has 0 saturated carbocycles. The molecule has 1 amide bonds. The Hall–Kier alpha value is -1.80. The fourth-order valence-electron chi connectivity index (χ4n) is 2.25. The van der Waals surface area contributed by atoms with Crippen LogP contribution in [0.2, 0.25) is 0 Å². The van der Waals surface area contributed by atoms with E-state index in [1.54, 1.807) is 30.2 Å². The standard InChI is InChI=1S/C17H27NO6S/c1-5-6-7-17(19)18(10-11-22-2)13-14-8-9-15(23-3)16(12-14)24-25(4,20)21/h8-9,12H,5-7,10-11,13H2,1-4H3. The molecule has 142 valence electrons. The molecule has 0 fully saturated rings. The van der Waals surface area contributed by atoms with Gasteiger partial charge in [-0.15, -0.1) is 0 Å². The quantitative estimate of drug-likeness (QED) is 0.553. The number of ether oxygens (including phenoxy) is 2. The summed E-state index contributed by atoms with van der Waals surface area (Å²) >= 11 is 0. The van der Waals surface area contributed by atoms with E-state index in [0.717, 1.165) is 24.7 Å². The van der Waals surface area contributed by atoms with Crippen molar-refractivity contribution in [3.05, 3.63) is 23.8 Å². The average molecular weight is 373 g/mol. The van der Waals surface area contributed by atoms with Gasteiger partial charge in [-0.1, -0.05) is 19.4 Å². The van der Waals surface area contributed by atoms with E-state index in [4.69, 9.17) is 13.7 Å². The van der Waals surface area contributed by atoms with E-state index in [1.165, 1.54) is 7.11 Å². The summed E-state index contributed by atoms with van der Waals surface area (Å²) in [6, 6.07) is 4.98. The molecule has 8 heteroatoms. The summed E-state index contributed by atoms with van der Waals surface area (Å²) in [7, 11) is -0.661. The Balaban J connectivity index is 2.98. The van der Waals surface area contributed by atoms with E-state index in [-0.39, 0.29) is 11.7 Å². The second kappa shape index (κ2) is 10.2. The Morgan fingerprint density at radius 1 is 1.20 bits per heavy atom. The number of amides is 1. The fourth-order valence-corrected chi connectivity index (χ4v) is 2.70. The molecule has 0 radical (unpaired) electrons. The number of benzene rings is 1. The van der Waals surface area contributed by atoms with Crippen molar-refractivity contribution in [3.8, 4) is 11.5 Å². The second-order valence-corrected chi connectivity index (χ2v) is 7.26. The largest absolute Gasteiger partial charge is 0.493 e. The number of hydrogen-bond acceptors (Lipinski definition) is 6. The number of methoxy groups -OCH3 is 2. The lowest BCUT2D eigenvalue weighted by Crippen LogP contribution is -2.33. The van der Waals surface area contributed by atoms with Crippen molar-refractivity contribution in [1.29, 1.82) is 0 Å². The van der Waals surface area contributed by atoms with Gasteiger partial charge in [0.2, 0.25) is 5.91 Å². The van der Waals surface area contributed by atoms with Crippen molar-refractivity contribution in [3.63, 3.8) is 0 Å². The second-order valence-electron chi connectivity index (χ2n) is 5.68. The lowest BCUT2D eigenvalue weighted by atomic mass is 10.1. The van der Waals surface area contributed by atoms with Crippen molar-refractivity contribution in [2.24, 2.45) is 0 Å². The van der Waals surface area contributed by atoms with Crippen LogP contribution >= 0.6 is 0 Å². The van der Waals surface area contributed by atoms with Crippen LogP contribution in [0.25, 0.3) is 0 Å². The molecule has 0 bridgehead atoms. The van der Waals surface area contributed by atoms with Crippen LogP contribution < -0.4 is 8.92 Å². The molecule has 0 spiro atoms. The van der Waals surface area contributed by atoms with Crippen LogP contribution in [-0.2, 0) is 26.2 Å². The summed E-state index contributed by atoms with van der Waals surface area (Å²) in [6.07, 6.45) is 3.22. The summed E-state index contributed by atoms with van der Waals surface area (Å²) in [5.74, 6) is 0.463. The first kappa shape index (κ1) is 21.2. The molecular weight excluding hydrogens is 346 g/mol. The van der Waals surface area contributed by atoms with Gasteiger partial charge in [-0.2, -0.15) is 8.42 Å². The number of hydrogen-bond donors (Lipinski definition) is 0. The average Bonchev–Trinajstić information content (AvgIpc) is 2.55. The molecule has 0 unspecified atom stereocenters. The summed E-state index contributed by atoms with van der Waals surface area (Å²) in [5, 5.41) is 0. The number of nitrogens with zero attached hydrogens (tertiary/aromatic N) is 1. The van der Waals surface area contributed by atoms with Crippen molar-refractivity contribution < 1.29 is 26.9 Å². The first-order chi connectivity index (χ1) is 11.8. The van der Waals surface area contributed by atoms with Gasteiger partial charge in [0.1, 0.15) is 0 Å². The zero-order chi connectivity index (χ0) is 18.9. The molecule has 0 N–H and O–H groups in total. The third-order valence-corrected chi connectivity index (χ3v) is 3.99. The van der Waals surface area contributed by atoms with E-state index in [2.05, 4.69) is 0 Å². The minimum absolute atomic E-state index is 0.0419. The van der Waals surface area contributed by atoms with E-state index in [0.29, 0.717) is 31.9 Å². The molecule has 1 aromatic rings. The Labute approximate surface area is 150 Å². The molecule has 0 aliphatic carbocycles. The first-order valence-corrected chi connectivity index (χ1v) is 9.95. The summed E-state index contributed by atoms with van der Waals surface area (Å²) in [6.45, 7) is 3.27. The van der Waals surface area contributed by atoms with Crippen LogP contribution in [0.4, 0.5) is 0 Å². The van der Waals surface area contributed by atoms with E-state index < -0.39 is 10.1 Å². The van der Waals surface area contributed by atoms with Gasteiger partial charge < -0.3 is 18.6 Å². The van der Waals surface area contributed by atoms with Gasteiger partial charge >= 0.3 is 10.1 Å². The lowest BCUT2D eigenvalue weighted by Gasteiger charge is -2.23. The smallest absolute Gasteiger partial charge is 0.306 e. The number of carbonyl (C=O) groups excluding carboxylic acids is 1. The van der Waals surface area contributed by atoms with Crippen molar-refractivity contribution in [2.75, 3.05) is 33.6 Å². The highest BCUT2D eigenvalue weighted by atomic mass is 32.2. The monoisotopic (exact) mass is 373 g/mol. The van der Waals surface area contributed by atoms with Gasteiger partial charge in [0, 0.05) is 26.6 Å². The molecule has 0 aliphatic rings. The molecule has 1 rings (SSSR count). The number of unbranched alkanes of at least 4 members (excludes halogenated alkanes) is 1. The molecule has 0 heterocycles. The SMILES string of the molecule is CCCCC(=O)N(CCOC)Cc1ccc(OC)c(OS(C)(=O)=O)c1. The maximum atomic E-state index is 12.4. The maximum Gasteiger partial charge on any atom is 0.306 e. The number of carbonyl (C=O) groups is 1. The van der Waals surface area contributed by atoms with Crippen LogP contribution in [0.1, 0.15) is 31.7 Å². The highest BCUT2D eigenvalue weighted by Gasteiger charge is 2.16. The molecule has 0 atom stereocenters. The molecular formula is C17H27NO6S. The number of rotatable bonds is 11. The molecule has 1 aromatic carbocycles. The van der Waals surface area contributed by atoms with Gasteiger partial charge in [0.05, 0.1) is 20.0 Å². The van der Waals surface area contributed by atoms with Crippen molar-refractivity contribution in [1.82, 2.24) is 4.90 Å². The zero-order valence-electron chi connectivity index (χ0n) is 15.3. The van der Waals surface area contributed by atoms with Crippen LogP contribution in [-0.4, -0.2) is 52.9 Å². The van der Waals surface area contributed by atoms with Crippen molar-refractivity contribution >= 4 is 16.0 Å². The van der Waals surface area contributed by atoms with Crippen molar-refractivity contribution in [2.45, 2.75) is 32.7 Å². The minimum atomic E-state index is -3.68.